The molecule has 0 saturated carbocycles. The molecule has 2 aromatic rings. The van der Waals surface area contributed by atoms with Crippen molar-refractivity contribution in [3.63, 3.8) is 0 Å². The largest absolute Gasteiger partial charge is 0.508 e. The second-order valence-electron chi connectivity index (χ2n) is 6.96. The third kappa shape index (κ3) is 8.34. The molecule has 170 valence electrons. The van der Waals surface area contributed by atoms with Crippen LogP contribution < -0.4 is 10.6 Å². The van der Waals surface area contributed by atoms with E-state index in [4.69, 9.17) is 9.84 Å². The minimum atomic E-state index is -1.33. The molecular weight excluding hydrogens is 420 g/mol. The predicted molar refractivity (Wildman–Crippen MR) is 112 cm³/mol. The van der Waals surface area contributed by atoms with Crippen LogP contribution >= 0.6 is 0 Å². The highest BCUT2D eigenvalue weighted by atomic mass is 16.5. The third-order valence-corrected chi connectivity index (χ3v) is 4.46. The highest BCUT2D eigenvalue weighted by molar-refractivity contribution is 5.89. The van der Waals surface area contributed by atoms with E-state index in [-0.39, 0.29) is 25.2 Å². The summed E-state index contributed by atoms with van der Waals surface area (Å²) in [5.74, 6) is -3.33. The lowest BCUT2D eigenvalue weighted by atomic mass is 10.0. The van der Waals surface area contributed by atoms with Gasteiger partial charge in [-0.2, -0.15) is 0 Å². The number of aromatic hydroxyl groups is 1. The molecule has 0 aliphatic carbocycles. The number of amides is 2. The van der Waals surface area contributed by atoms with E-state index in [0.717, 1.165) is 0 Å². The highest BCUT2D eigenvalue weighted by Gasteiger charge is 2.27. The van der Waals surface area contributed by atoms with Crippen molar-refractivity contribution in [1.82, 2.24) is 10.6 Å². The Morgan fingerprint density at radius 3 is 2.09 bits per heavy atom. The molecule has 10 heteroatoms. The monoisotopic (exact) mass is 444 g/mol. The standard InChI is InChI=1S/C22H24N2O8/c25-16-8-6-14(7-9-16)12-18(21(29)30)23-20(28)17(10-11-19(26)27)24-22(31)32-13-15-4-2-1-3-5-15/h1-9,17-18,25H,10-13H2,(H,23,28)(H,24,31)(H,26,27)(H,29,30)/t17?,18-/m0/s1. The Bertz CT molecular complexity index is 931. The Morgan fingerprint density at radius 1 is 0.844 bits per heavy atom. The van der Waals surface area contributed by atoms with Crippen LogP contribution in [-0.2, 0) is 32.1 Å². The molecule has 2 atom stereocenters. The first-order chi connectivity index (χ1) is 15.2. The lowest BCUT2D eigenvalue weighted by Gasteiger charge is -2.21. The number of carbonyl (C=O) groups is 4. The van der Waals surface area contributed by atoms with Gasteiger partial charge in [-0.05, 0) is 29.7 Å². The number of benzene rings is 2. The Morgan fingerprint density at radius 2 is 1.50 bits per heavy atom. The summed E-state index contributed by atoms with van der Waals surface area (Å²) >= 11 is 0. The zero-order valence-corrected chi connectivity index (χ0v) is 17.1. The van der Waals surface area contributed by atoms with Crippen molar-refractivity contribution in [1.29, 1.82) is 0 Å². The van der Waals surface area contributed by atoms with Gasteiger partial charge in [-0.1, -0.05) is 42.5 Å². The van der Waals surface area contributed by atoms with Crippen LogP contribution in [0, 0.1) is 0 Å². The van der Waals surface area contributed by atoms with Gasteiger partial charge in [0.15, 0.2) is 0 Å². The molecule has 32 heavy (non-hydrogen) atoms. The van der Waals surface area contributed by atoms with Crippen molar-refractivity contribution in [3.05, 3.63) is 65.7 Å². The lowest BCUT2D eigenvalue weighted by molar-refractivity contribution is -0.142. The topological polar surface area (TPSA) is 162 Å². The number of phenolic OH excluding ortho intramolecular Hbond substituents is 1. The van der Waals surface area contributed by atoms with Gasteiger partial charge in [-0.25, -0.2) is 9.59 Å². The fourth-order valence-electron chi connectivity index (χ4n) is 2.78. The van der Waals surface area contributed by atoms with Crippen molar-refractivity contribution in [2.45, 2.75) is 38.0 Å². The van der Waals surface area contributed by atoms with Crippen LogP contribution in [0.5, 0.6) is 5.75 Å². The number of carboxylic acids is 2. The van der Waals surface area contributed by atoms with Crippen molar-refractivity contribution in [3.8, 4) is 5.75 Å². The Labute approximate surface area is 183 Å². The molecule has 0 aromatic heterocycles. The number of phenols is 1. The predicted octanol–water partition coefficient (Wildman–Crippen LogP) is 1.66. The van der Waals surface area contributed by atoms with E-state index >= 15 is 0 Å². The average molecular weight is 444 g/mol. The number of aliphatic carboxylic acids is 2. The molecule has 0 aliphatic rings. The number of hydrogen-bond acceptors (Lipinski definition) is 6. The van der Waals surface area contributed by atoms with Gasteiger partial charge in [0.25, 0.3) is 0 Å². The molecular formula is C22H24N2O8. The second-order valence-corrected chi connectivity index (χ2v) is 6.96. The van der Waals surface area contributed by atoms with Gasteiger partial charge in [0.05, 0.1) is 0 Å². The highest BCUT2D eigenvalue weighted by Crippen LogP contribution is 2.12. The average Bonchev–Trinajstić information content (AvgIpc) is 2.76. The maximum Gasteiger partial charge on any atom is 0.408 e. The zero-order valence-electron chi connectivity index (χ0n) is 17.1. The van der Waals surface area contributed by atoms with Crippen LogP contribution in [0.4, 0.5) is 4.79 Å². The summed E-state index contributed by atoms with van der Waals surface area (Å²) in [5, 5.41) is 32.3. The summed E-state index contributed by atoms with van der Waals surface area (Å²) in [5.41, 5.74) is 1.27. The number of ether oxygens (including phenoxy) is 1. The number of rotatable bonds is 11. The van der Waals surface area contributed by atoms with E-state index in [9.17, 15) is 29.4 Å². The van der Waals surface area contributed by atoms with Crippen LogP contribution in [0.1, 0.15) is 24.0 Å². The summed E-state index contributed by atoms with van der Waals surface area (Å²) in [7, 11) is 0. The molecule has 2 rings (SSSR count). The zero-order chi connectivity index (χ0) is 23.5. The van der Waals surface area contributed by atoms with Crippen LogP contribution in [0.15, 0.2) is 54.6 Å². The van der Waals surface area contributed by atoms with Crippen molar-refractivity contribution in [2.24, 2.45) is 0 Å². The first-order valence-corrected chi connectivity index (χ1v) is 9.74. The third-order valence-electron chi connectivity index (χ3n) is 4.46. The van der Waals surface area contributed by atoms with Gasteiger partial charge in [-0.15, -0.1) is 0 Å². The van der Waals surface area contributed by atoms with Gasteiger partial charge in [0.1, 0.15) is 24.4 Å². The van der Waals surface area contributed by atoms with E-state index < -0.39 is 42.4 Å². The summed E-state index contributed by atoms with van der Waals surface area (Å²) in [6, 6.07) is 12.0. The molecule has 10 nitrogen and oxygen atoms in total. The molecule has 0 spiro atoms. The van der Waals surface area contributed by atoms with E-state index in [1.165, 1.54) is 24.3 Å². The van der Waals surface area contributed by atoms with E-state index in [2.05, 4.69) is 10.6 Å². The van der Waals surface area contributed by atoms with E-state index in [1.54, 1.807) is 30.3 Å². The van der Waals surface area contributed by atoms with E-state index in [0.29, 0.717) is 11.1 Å². The molecule has 0 fully saturated rings. The summed E-state index contributed by atoms with van der Waals surface area (Å²) < 4.78 is 5.06. The maximum absolute atomic E-state index is 12.6. The van der Waals surface area contributed by atoms with Crippen LogP contribution in [0.25, 0.3) is 0 Å². The van der Waals surface area contributed by atoms with Gasteiger partial charge < -0.3 is 30.7 Å². The molecule has 0 radical (unpaired) electrons. The molecule has 2 amide bonds. The lowest BCUT2D eigenvalue weighted by Crippen LogP contribution is -2.52. The molecule has 0 heterocycles. The first-order valence-electron chi connectivity index (χ1n) is 9.74. The van der Waals surface area contributed by atoms with Crippen molar-refractivity contribution < 1.29 is 39.2 Å². The normalized spacial score (nSPS) is 12.2. The van der Waals surface area contributed by atoms with Crippen LogP contribution in [0.3, 0.4) is 0 Å². The number of hydrogen-bond donors (Lipinski definition) is 5. The van der Waals surface area contributed by atoms with Gasteiger partial charge in [0.2, 0.25) is 5.91 Å². The van der Waals surface area contributed by atoms with Crippen LogP contribution in [0.2, 0.25) is 0 Å². The summed E-state index contributed by atoms with van der Waals surface area (Å²) in [6.45, 7) is -0.0570. The minimum Gasteiger partial charge on any atom is -0.508 e. The molecule has 2 aromatic carbocycles. The number of carboxylic acid groups (broad SMARTS) is 2. The first kappa shape index (κ1) is 24.2. The van der Waals surface area contributed by atoms with Crippen molar-refractivity contribution in [2.75, 3.05) is 0 Å². The summed E-state index contributed by atoms with van der Waals surface area (Å²) in [6.07, 6.45) is -1.70. The number of alkyl carbamates (subject to hydrolysis) is 1. The summed E-state index contributed by atoms with van der Waals surface area (Å²) in [4.78, 5) is 47.3. The minimum absolute atomic E-state index is 0.0108. The Kier molecular flexibility index (Phi) is 9.03. The van der Waals surface area contributed by atoms with Gasteiger partial charge in [0, 0.05) is 12.8 Å². The quantitative estimate of drug-likeness (QED) is 0.349. The molecule has 0 saturated heterocycles. The second kappa shape index (κ2) is 11.9. The fourth-order valence-corrected chi connectivity index (χ4v) is 2.78. The Balaban J connectivity index is 2.01. The van der Waals surface area contributed by atoms with Gasteiger partial charge in [-0.3, -0.25) is 9.59 Å². The van der Waals surface area contributed by atoms with E-state index in [1.807, 2.05) is 0 Å². The smallest absolute Gasteiger partial charge is 0.408 e. The molecule has 5 N–H and O–H groups in total. The Hall–Kier alpha value is -4.08. The molecule has 0 aliphatic heterocycles. The number of carbonyl (C=O) groups excluding carboxylic acids is 2. The van der Waals surface area contributed by atoms with Crippen LogP contribution in [-0.4, -0.2) is 51.3 Å². The van der Waals surface area contributed by atoms with Crippen molar-refractivity contribution >= 4 is 23.9 Å². The molecule has 1 unspecified atom stereocenters. The number of nitrogens with one attached hydrogen (secondary N) is 2. The molecule has 0 bridgehead atoms. The maximum atomic E-state index is 12.6. The SMILES string of the molecule is O=C(O)CCC(NC(=O)OCc1ccccc1)C(=O)N[C@@H](Cc1ccc(O)cc1)C(=O)O. The van der Waals surface area contributed by atoms with Gasteiger partial charge >= 0.3 is 18.0 Å². The fraction of sp³-hybridized carbons (Fsp3) is 0.273.